The second kappa shape index (κ2) is 5.70. The predicted octanol–water partition coefficient (Wildman–Crippen LogP) is 2.47. The summed E-state index contributed by atoms with van der Waals surface area (Å²) < 4.78 is 35.5. The lowest BCUT2D eigenvalue weighted by molar-refractivity contribution is -0.137. The maximum Gasteiger partial charge on any atom is 0.389 e. The molecule has 0 saturated heterocycles. The summed E-state index contributed by atoms with van der Waals surface area (Å²) in [7, 11) is 0. The van der Waals surface area contributed by atoms with Crippen LogP contribution >= 0.6 is 0 Å². The van der Waals surface area contributed by atoms with Gasteiger partial charge in [0.15, 0.2) is 0 Å². The summed E-state index contributed by atoms with van der Waals surface area (Å²) in [5, 5.41) is 12.7. The van der Waals surface area contributed by atoms with Crippen LogP contribution in [0.5, 0.6) is 0 Å². The first kappa shape index (κ1) is 14.7. The lowest BCUT2D eigenvalue weighted by atomic mass is 9.98. The predicted molar refractivity (Wildman–Crippen MR) is 53.7 cm³/mol. The topological polar surface area (TPSA) is 32.3 Å². The van der Waals surface area contributed by atoms with Crippen LogP contribution in [0.15, 0.2) is 0 Å². The molecule has 0 aromatic rings. The zero-order chi connectivity index (χ0) is 12.1. The van der Waals surface area contributed by atoms with Gasteiger partial charge in [0.1, 0.15) is 0 Å². The second-order valence-electron chi connectivity index (χ2n) is 4.50. The van der Waals surface area contributed by atoms with Gasteiger partial charge >= 0.3 is 6.18 Å². The molecule has 0 aromatic carbocycles. The highest BCUT2D eigenvalue weighted by Crippen LogP contribution is 2.24. The third-order valence-electron chi connectivity index (χ3n) is 2.07. The first-order valence-electron chi connectivity index (χ1n) is 5.15. The first-order chi connectivity index (χ1) is 6.62. The van der Waals surface area contributed by atoms with E-state index in [0.717, 1.165) is 0 Å². The normalized spacial score (nSPS) is 16.8. The number of hydrogen-bond donors (Lipinski definition) is 2. The summed E-state index contributed by atoms with van der Waals surface area (Å²) in [6.07, 6.45) is -4.82. The van der Waals surface area contributed by atoms with Gasteiger partial charge in [0.2, 0.25) is 0 Å². The van der Waals surface area contributed by atoms with Gasteiger partial charge in [-0.1, -0.05) is 13.8 Å². The van der Waals surface area contributed by atoms with Gasteiger partial charge in [-0.25, -0.2) is 0 Å². The highest BCUT2D eigenvalue weighted by Gasteiger charge is 2.28. The van der Waals surface area contributed by atoms with Gasteiger partial charge < -0.3 is 10.4 Å². The molecule has 2 N–H and O–H groups in total. The lowest BCUT2D eigenvalue weighted by Crippen LogP contribution is -2.40. The first-order valence-corrected chi connectivity index (χ1v) is 5.15. The van der Waals surface area contributed by atoms with Gasteiger partial charge in [0.25, 0.3) is 0 Å². The molecule has 92 valence electrons. The fourth-order valence-corrected chi connectivity index (χ4v) is 1.18. The molecule has 1 unspecified atom stereocenters. The molecule has 0 spiro atoms. The maximum atomic E-state index is 11.8. The minimum Gasteiger partial charge on any atom is -0.389 e. The third kappa shape index (κ3) is 10.0. The van der Waals surface area contributed by atoms with Crippen molar-refractivity contribution in [3.8, 4) is 0 Å². The van der Waals surface area contributed by atoms with E-state index < -0.39 is 18.2 Å². The highest BCUT2D eigenvalue weighted by molar-refractivity contribution is 4.76. The number of alkyl halides is 3. The van der Waals surface area contributed by atoms with E-state index in [4.69, 9.17) is 0 Å². The largest absolute Gasteiger partial charge is 0.389 e. The Morgan fingerprint density at radius 3 is 2.13 bits per heavy atom. The molecular formula is C10H20F3NO. The van der Waals surface area contributed by atoms with Crippen LogP contribution in [0.25, 0.3) is 0 Å². The van der Waals surface area contributed by atoms with Crippen LogP contribution in [0, 0.1) is 0 Å². The minimum absolute atomic E-state index is 0.0315. The smallest absolute Gasteiger partial charge is 0.389 e. The number of rotatable bonds is 6. The monoisotopic (exact) mass is 227 g/mol. The molecule has 0 aliphatic carbocycles. The maximum absolute atomic E-state index is 11.8. The van der Waals surface area contributed by atoms with Crippen LogP contribution in [-0.4, -0.2) is 29.5 Å². The average molecular weight is 227 g/mol. The van der Waals surface area contributed by atoms with Crippen LogP contribution < -0.4 is 5.32 Å². The van der Waals surface area contributed by atoms with Crippen LogP contribution in [0.1, 0.15) is 40.0 Å². The van der Waals surface area contributed by atoms with E-state index in [9.17, 15) is 18.3 Å². The average Bonchev–Trinajstić information content (AvgIpc) is 1.98. The lowest BCUT2D eigenvalue weighted by Gasteiger charge is -2.25. The van der Waals surface area contributed by atoms with E-state index in [1.165, 1.54) is 0 Å². The van der Waals surface area contributed by atoms with Gasteiger partial charge in [0, 0.05) is 19.0 Å². The summed E-state index contributed by atoms with van der Waals surface area (Å²) in [6.45, 7) is 5.72. The van der Waals surface area contributed by atoms with Gasteiger partial charge in [-0.2, -0.15) is 13.2 Å². The second-order valence-corrected chi connectivity index (χ2v) is 4.50. The molecule has 5 heteroatoms. The minimum atomic E-state index is -4.12. The number of halogens is 3. The summed E-state index contributed by atoms with van der Waals surface area (Å²) in [6, 6.07) is 0.221. The standard InChI is InChI=1S/C10H20F3NO/c1-8(2)14-7-9(3,15)5-4-6-10(11,12)13/h8,14-15H,4-7H2,1-3H3. The van der Waals surface area contributed by atoms with Crippen LogP contribution in [0.4, 0.5) is 13.2 Å². The van der Waals surface area contributed by atoms with Crippen molar-refractivity contribution in [1.29, 1.82) is 0 Å². The van der Waals surface area contributed by atoms with Gasteiger partial charge in [-0.15, -0.1) is 0 Å². The van der Waals surface area contributed by atoms with Crippen molar-refractivity contribution in [2.75, 3.05) is 6.54 Å². The summed E-state index contributed by atoms with van der Waals surface area (Å²) in [4.78, 5) is 0. The van der Waals surface area contributed by atoms with Crippen molar-refractivity contribution < 1.29 is 18.3 Å². The van der Waals surface area contributed by atoms with E-state index in [-0.39, 0.29) is 18.9 Å². The molecule has 2 nitrogen and oxygen atoms in total. The fraction of sp³-hybridized carbons (Fsp3) is 1.00. The Balaban J connectivity index is 3.74. The molecule has 1 atom stereocenters. The Bertz CT molecular complexity index is 178. The van der Waals surface area contributed by atoms with E-state index in [2.05, 4.69) is 5.32 Å². The summed E-state index contributed by atoms with van der Waals surface area (Å²) in [5.41, 5.74) is -1.06. The highest BCUT2D eigenvalue weighted by atomic mass is 19.4. The third-order valence-corrected chi connectivity index (χ3v) is 2.07. The molecule has 15 heavy (non-hydrogen) atoms. The van der Waals surface area contributed by atoms with E-state index in [1.54, 1.807) is 6.92 Å². The van der Waals surface area contributed by atoms with Crippen molar-refractivity contribution in [2.45, 2.75) is 57.9 Å². The zero-order valence-corrected chi connectivity index (χ0v) is 9.49. The van der Waals surface area contributed by atoms with Crippen LogP contribution in [-0.2, 0) is 0 Å². The number of nitrogens with one attached hydrogen (secondary N) is 1. The molecule has 0 amide bonds. The molecule has 0 radical (unpaired) electrons. The Hall–Kier alpha value is -0.290. The van der Waals surface area contributed by atoms with E-state index in [1.807, 2.05) is 13.8 Å². The Morgan fingerprint density at radius 1 is 1.20 bits per heavy atom. The van der Waals surface area contributed by atoms with Crippen molar-refractivity contribution in [1.82, 2.24) is 5.32 Å². The van der Waals surface area contributed by atoms with Crippen molar-refractivity contribution in [3.63, 3.8) is 0 Å². The van der Waals surface area contributed by atoms with Crippen LogP contribution in [0.3, 0.4) is 0 Å². The van der Waals surface area contributed by atoms with Gasteiger partial charge in [-0.05, 0) is 19.8 Å². The van der Waals surface area contributed by atoms with Crippen LogP contribution in [0.2, 0.25) is 0 Å². The zero-order valence-electron chi connectivity index (χ0n) is 9.49. The summed E-state index contributed by atoms with van der Waals surface area (Å²) in [5.74, 6) is 0. The number of aliphatic hydroxyl groups is 1. The quantitative estimate of drug-likeness (QED) is 0.730. The molecule has 0 saturated carbocycles. The van der Waals surface area contributed by atoms with E-state index >= 15 is 0 Å². The van der Waals surface area contributed by atoms with Crippen molar-refractivity contribution >= 4 is 0 Å². The SMILES string of the molecule is CC(C)NCC(C)(O)CCCC(F)(F)F. The molecule has 0 aromatic heterocycles. The van der Waals surface area contributed by atoms with E-state index in [0.29, 0.717) is 6.54 Å². The Labute approximate surface area is 88.9 Å². The molecular weight excluding hydrogens is 207 g/mol. The molecule has 0 rings (SSSR count). The van der Waals surface area contributed by atoms with Gasteiger partial charge in [-0.3, -0.25) is 0 Å². The molecule has 0 fully saturated rings. The summed E-state index contributed by atoms with van der Waals surface area (Å²) >= 11 is 0. The molecule has 0 heterocycles. The Morgan fingerprint density at radius 2 is 1.73 bits per heavy atom. The molecule has 0 bridgehead atoms. The van der Waals surface area contributed by atoms with Crippen molar-refractivity contribution in [3.05, 3.63) is 0 Å². The molecule has 0 aliphatic rings. The van der Waals surface area contributed by atoms with Crippen molar-refractivity contribution in [2.24, 2.45) is 0 Å². The van der Waals surface area contributed by atoms with Gasteiger partial charge in [0.05, 0.1) is 5.60 Å². The molecule has 0 aliphatic heterocycles. The Kier molecular flexibility index (Phi) is 5.59. The number of hydrogen-bond acceptors (Lipinski definition) is 2. The fourth-order valence-electron chi connectivity index (χ4n) is 1.18.